The fraction of sp³-hybridized carbons (Fsp3) is 0.692. The highest BCUT2D eigenvalue weighted by molar-refractivity contribution is 7.89. The fourth-order valence-corrected chi connectivity index (χ4v) is 8.61. The van der Waals surface area contributed by atoms with E-state index in [1.165, 1.54) is 23.6 Å². The predicted molar refractivity (Wildman–Crippen MR) is 127 cm³/mol. The first kappa shape index (κ1) is 23.8. The van der Waals surface area contributed by atoms with E-state index < -0.39 is 22.1 Å². The first-order valence-electron chi connectivity index (χ1n) is 12.7. The predicted octanol–water partition coefficient (Wildman–Crippen LogP) is 3.41. The van der Waals surface area contributed by atoms with Crippen LogP contribution in [0.25, 0.3) is 0 Å². The monoisotopic (exact) mass is 488 g/mol. The molecule has 4 saturated carbocycles. The number of sulfonamides is 1. The summed E-state index contributed by atoms with van der Waals surface area (Å²) in [6, 6.07) is 6.81. The molecule has 7 nitrogen and oxygen atoms in total. The lowest BCUT2D eigenvalue weighted by molar-refractivity contribution is -0.161. The van der Waals surface area contributed by atoms with Gasteiger partial charge in [-0.2, -0.15) is 4.31 Å². The van der Waals surface area contributed by atoms with E-state index in [1.54, 1.807) is 31.2 Å². The highest BCUT2D eigenvalue weighted by Gasteiger charge is 2.52. The van der Waals surface area contributed by atoms with Crippen LogP contribution >= 0.6 is 0 Å². The van der Waals surface area contributed by atoms with Crippen molar-refractivity contribution in [3.63, 3.8) is 0 Å². The van der Waals surface area contributed by atoms with Crippen molar-refractivity contribution in [3.05, 3.63) is 29.8 Å². The molecule has 6 rings (SSSR count). The highest BCUT2D eigenvalue weighted by Crippen LogP contribution is 2.55. The topological polar surface area (TPSA) is 92.8 Å². The molecule has 1 amide bonds. The lowest BCUT2D eigenvalue weighted by Crippen LogP contribution is -2.61. The maximum Gasteiger partial charge on any atom is 0.309 e. The number of rotatable bonds is 6. The molecular formula is C26H36N2O5S. The number of amides is 1. The molecule has 1 saturated heterocycles. The molecule has 5 fully saturated rings. The third-order valence-corrected chi connectivity index (χ3v) is 10.4. The molecule has 1 atom stereocenters. The number of piperidine rings is 1. The zero-order chi connectivity index (χ0) is 24.1. The Hall–Kier alpha value is -1.93. The van der Waals surface area contributed by atoms with Gasteiger partial charge in [0.05, 0.1) is 10.8 Å². The largest absolute Gasteiger partial charge is 0.452 e. The van der Waals surface area contributed by atoms with Crippen LogP contribution in [-0.2, 0) is 24.3 Å². The summed E-state index contributed by atoms with van der Waals surface area (Å²) < 4.78 is 32.8. The molecule has 1 heterocycles. The second-order valence-electron chi connectivity index (χ2n) is 11.3. The number of nitrogens with one attached hydrogen (secondary N) is 1. The average molecular weight is 489 g/mol. The van der Waals surface area contributed by atoms with Gasteiger partial charge in [0.1, 0.15) is 0 Å². The normalized spacial score (nSPS) is 32.4. The van der Waals surface area contributed by atoms with Crippen LogP contribution in [0.15, 0.2) is 29.2 Å². The van der Waals surface area contributed by atoms with Gasteiger partial charge in [-0.1, -0.05) is 17.7 Å². The summed E-state index contributed by atoms with van der Waals surface area (Å²) in [4.78, 5) is 26.0. The van der Waals surface area contributed by atoms with E-state index in [-0.39, 0.29) is 35.3 Å². The van der Waals surface area contributed by atoms with E-state index in [0.717, 1.165) is 42.6 Å². The molecule has 186 valence electrons. The number of aryl methyl sites for hydroxylation is 1. The van der Waals surface area contributed by atoms with Crippen molar-refractivity contribution in [2.24, 2.45) is 23.7 Å². The van der Waals surface area contributed by atoms with Gasteiger partial charge in [-0.05, 0) is 95.1 Å². The molecule has 1 aliphatic heterocycles. The Morgan fingerprint density at radius 2 is 1.53 bits per heavy atom. The molecule has 0 unspecified atom stereocenters. The van der Waals surface area contributed by atoms with E-state index in [1.807, 2.05) is 6.92 Å². The van der Waals surface area contributed by atoms with Crippen LogP contribution in [0.3, 0.4) is 0 Å². The van der Waals surface area contributed by atoms with Crippen LogP contribution < -0.4 is 5.32 Å². The molecule has 0 radical (unpaired) electrons. The number of esters is 1. The number of hydrogen-bond acceptors (Lipinski definition) is 5. The molecule has 5 aliphatic rings. The van der Waals surface area contributed by atoms with E-state index in [0.29, 0.717) is 12.8 Å². The van der Waals surface area contributed by atoms with Crippen molar-refractivity contribution in [2.45, 2.75) is 81.8 Å². The molecule has 34 heavy (non-hydrogen) atoms. The van der Waals surface area contributed by atoms with Gasteiger partial charge in [0.2, 0.25) is 10.0 Å². The van der Waals surface area contributed by atoms with E-state index in [4.69, 9.17) is 4.74 Å². The van der Waals surface area contributed by atoms with Crippen molar-refractivity contribution < 1.29 is 22.7 Å². The van der Waals surface area contributed by atoms with E-state index in [9.17, 15) is 18.0 Å². The molecule has 0 spiro atoms. The van der Waals surface area contributed by atoms with E-state index in [2.05, 4.69) is 5.32 Å². The first-order chi connectivity index (χ1) is 16.1. The number of nitrogens with zero attached hydrogens (tertiary/aromatic N) is 1. The zero-order valence-electron chi connectivity index (χ0n) is 20.2. The van der Waals surface area contributed by atoms with Crippen LogP contribution in [0.5, 0.6) is 0 Å². The maximum absolute atomic E-state index is 12.9. The second kappa shape index (κ2) is 8.94. The SMILES string of the molecule is Cc1ccc(S(=O)(=O)N2CCC(C(=O)O[C@@H](C)C(=O)NC34CC5CC(CC(C5)C3)C4)CC2)cc1. The number of carbonyl (C=O) groups is 2. The summed E-state index contributed by atoms with van der Waals surface area (Å²) in [5, 5.41) is 3.28. The summed E-state index contributed by atoms with van der Waals surface area (Å²) in [6.07, 6.45) is 7.03. The average Bonchev–Trinajstić information content (AvgIpc) is 2.78. The van der Waals surface area contributed by atoms with Crippen LogP contribution in [0.1, 0.15) is 63.9 Å². The van der Waals surface area contributed by atoms with Gasteiger partial charge in [0.25, 0.3) is 5.91 Å². The van der Waals surface area contributed by atoms with Crippen molar-refractivity contribution in [1.82, 2.24) is 9.62 Å². The van der Waals surface area contributed by atoms with Gasteiger partial charge < -0.3 is 10.1 Å². The Morgan fingerprint density at radius 1 is 1.00 bits per heavy atom. The second-order valence-corrected chi connectivity index (χ2v) is 13.2. The maximum atomic E-state index is 12.9. The van der Waals surface area contributed by atoms with Crippen LogP contribution in [-0.4, -0.2) is 49.3 Å². The molecule has 1 N–H and O–H groups in total. The molecule has 0 aromatic heterocycles. The minimum atomic E-state index is -3.57. The number of benzene rings is 1. The lowest BCUT2D eigenvalue weighted by atomic mass is 9.53. The Morgan fingerprint density at radius 3 is 2.06 bits per heavy atom. The first-order valence-corrected chi connectivity index (χ1v) is 14.2. The summed E-state index contributed by atoms with van der Waals surface area (Å²) in [6.45, 7) is 4.09. The summed E-state index contributed by atoms with van der Waals surface area (Å²) in [5.41, 5.74) is 0.893. The summed E-state index contributed by atoms with van der Waals surface area (Å²) >= 11 is 0. The molecule has 1 aromatic carbocycles. The van der Waals surface area contributed by atoms with Crippen LogP contribution in [0.4, 0.5) is 0 Å². The molecule has 8 heteroatoms. The van der Waals surface area contributed by atoms with Crippen molar-refractivity contribution >= 4 is 21.9 Å². The highest BCUT2D eigenvalue weighted by atomic mass is 32.2. The van der Waals surface area contributed by atoms with Crippen LogP contribution in [0, 0.1) is 30.6 Å². The van der Waals surface area contributed by atoms with Gasteiger partial charge in [-0.15, -0.1) is 0 Å². The van der Waals surface area contributed by atoms with Gasteiger partial charge in [-0.25, -0.2) is 8.42 Å². The molecular weight excluding hydrogens is 452 g/mol. The van der Waals surface area contributed by atoms with Crippen molar-refractivity contribution in [3.8, 4) is 0 Å². The van der Waals surface area contributed by atoms with E-state index >= 15 is 0 Å². The number of ether oxygens (including phenoxy) is 1. The third-order valence-electron chi connectivity index (χ3n) is 8.53. The van der Waals surface area contributed by atoms with Crippen LogP contribution in [0.2, 0.25) is 0 Å². The number of carbonyl (C=O) groups excluding carboxylic acids is 2. The van der Waals surface area contributed by atoms with Crippen molar-refractivity contribution in [1.29, 1.82) is 0 Å². The smallest absolute Gasteiger partial charge is 0.309 e. The zero-order valence-corrected chi connectivity index (χ0v) is 21.0. The Kier molecular flexibility index (Phi) is 6.25. The Bertz CT molecular complexity index is 1010. The molecule has 1 aromatic rings. The fourth-order valence-electron chi connectivity index (χ4n) is 7.14. The minimum Gasteiger partial charge on any atom is -0.452 e. The Balaban J connectivity index is 1.13. The van der Waals surface area contributed by atoms with Gasteiger partial charge in [0.15, 0.2) is 6.10 Å². The van der Waals surface area contributed by atoms with Gasteiger partial charge in [-0.3, -0.25) is 9.59 Å². The van der Waals surface area contributed by atoms with Gasteiger partial charge in [0, 0.05) is 18.6 Å². The Labute approximate surface area is 202 Å². The van der Waals surface area contributed by atoms with Gasteiger partial charge >= 0.3 is 5.97 Å². The summed E-state index contributed by atoms with van der Waals surface area (Å²) in [5.74, 6) is 1.19. The lowest BCUT2D eigenvalue weighted by Gasteiger charge is -2.57. The van der Waals surface area contributed by atoms with Crippen molar-refractivity contribution in [2.75, 3.05) is 13.1 Å². The molecule has 4 bridgehead atoms. The molecule has 4 aliphatic carbocycles. The quantitative estimate of drug-likeness (QED) is 0.620. The third kappa shape index (κ3) is 4.63. The minimum absolute atomic E-state index is 0.109. The number of hydrogen-bond donors (Lipinski definition) is 1. The summed E-state index contributed by atoms with van der Waals surface area (Å²) in [7, 11) is -3.57. The standard InChI is InChI=1S/C26H36N2O5S/c1-17-3-5-23(6-4-17)34(31,32)28-9-7-22(8-10-28)25(30)33-18(2)24(29)27-26-14-19-11-20(15-26)13-21(12-19)16-26/h3-6,18-22H,7-16H2,1-2H3,(H,27,29)/t18-,19?,20?,21?,26?/m0/s1.